The number of nitrogens with one attached hydrogen (secondary N) is 1. The quantitative estimate of drug-likeness (QED) is 0.723. The first kappa shape index (κ1) is 10.6. The fraction of sp³-hybridized carbons (Fsp3) is 0.300. The van der Waals surface area contributed by atoms with Crippen molar-refractivity contribution in [1.29, 1.82) is 0 Å². The van der Waals surface area contributed by atoms with Crippen LogP contribution in [0.15, 0.2) is 24.5 Å². The summed E-state index contributed by atoms with van der Waals surface area (Å²) in [5.74, 6) is -0.330. The van der Waals surface area contributed by atoms with Crippen molar-refractivity contribution in [3.63, 3.8) is 0 Å². The molecule has 6 heteroatoms. The second kappa shape index (κ2) is 4.28. The zero-order valence-corrected chi connectivity index (χ0v) is 8.59. The Kier molecular flexibility index (Phi) is 2.82. The van der Waals surface area contributed by atoms with Crippen LogP contribution in [0.4, 0.5) is 4.79 Å². The number of amides is 3. The summed E-state index contributed by atoms with van der Waals surface area (Å²) in [5.41, 5.74) is 6.66. The van der Waals surface area contributed by atoms with E-state index in [-0.39, 0.29) is 12.3 Å². The molecule has 1 aromatic rings. The summed E-state index contributed by atoms with van der Waals surface area (Å²) < 4.78 is 0. The van der Waals surface area contributed by atoms with Crippen LogP contribution in [0.2, 0.25) is 0 Å². The lowest BCUT2D eigenvalue weighted by Crippen LogP contribution is -2.57. The predicted octanol–water partition coefficient (Wildman–Crippen LogP) is -0.192. The van der Waals surface area contributed by atoms with E-state index in [1.54, 1.807) is 24.5 Å². The summed E-state index contributed by atoms with van der Waals surface area (Å²) in [6.45, 7) is 0.378. The Labute approximate surface area is 92.4 Å². The molecule has 1 unspecified atom stereocenters. The Bertz CT molecular complexity index is 407. The van der Waals surface area contributed by atoms with Crippen molar-refractivity contribution < 1.29 is 9.59 Å². The summed E-state index contributed by atoms with van der Waals surface area (Å²) in [5, 5.41) is 2.23. The fourth-order valence-corrected chi connectivity index (χ4v) is 1.57. The Morgan fingerprint density at radius 1 is 1.44 bits per heavy atom. The molecule has 1 fully saturated rings. The van der Waals surface area contributed by atoms with Crippen LogP contribution in [0.5, 0.6) is 0 Å². The molecule has 84 valence electrons. The van der Waals surface area contributed by atoms with Gasteiger partial charge in [0, 0.05) is 18.9 Å². The van der Waals surface area contributed by atoms with Crippen LogP contribution >= 0.6 is 0 Å². The van der Waals surface area contributed by atoms with E-state index in [0.717, 1.165) is 5.56 Å². The Morgan fingerprint density at radius 3 is 2.75 bits per heavy atom. The maximum Gasteiger partial charge on any atom is 0.325 e. The molecule has 16 heavy (non-hydrogen) atoms. The van der Waals surface area contributed by atoms with Gasteiger partial charge in [-0.15, -0.1) is 0 Å². The molecule has 0 aromatic carbocycles. The van der Waals surface area contributed by atoms with Crippen molar-refractivity contribution in [2.45, 2.75) is 19.1 Å². The van der Waals surface area contributed by atoms with Crippen LogP contribution in [-0.4, -0.2) is 28.0 Å². The van der Waals surface area contributed by atoms with Crippen molar-refractivity contribution in [2.75, 3.05) is 0 Å². The Morgan fingerprint density at radius 2 is 2.12 bits per heavy atom. The topological polar surface area (TPSA) is 88.3 Å². The van der Waals surface area contributed by atoms with Gasteiger partial charge in [-0.1, -0.05) is 0 Å². The molecule has 6 nitrogen and oxygen atoms in total. The highest BCUT2D eigenvalue weighted by Crippen LogP contribution is 2.10. The number of nitrogens with two attached hydrogens (primary N) is 1. The van der Waals surface area contributed by atoms with Crippen LogP contribution in [-0.2, 0) is 11.3 Å². The SMILES string of the molecule is NC1CC(=O)NC(=O)N1Cc1ccncc1. The molecule has 1 atom stereocenters. The highest BCUT2D eigenvalue weighted by Gasteiger charge is 2.29. The van der Waals surface area contributed by atoms with E-state index in [0.29, 0.717) is 6.54 Å². The van der Waals surface area contributed by atoms with Gasteiger partial charge in [-0.3, -0.25) is 15.1 Å². The number of nitrogens with zero attached hydrogens (tertiary/aromatic N) is 2. The number of urea groups is 1. The number of hydrogen-bond donors (Lipinski definition) is 2. The zero-order chi connectivity index (χ0) is 11.5. The van der Waals surface area contributed by atoms with Crippen molar-refractivity contribution in [3.05, 3.63) is 30.1 Å². The van der Waals surface area contributed by atoms with Crippen molar-refractivity contribution >= 4 is 11.9 Å². The van der Waals surface area contributed by atoms with Gasteiger partial charge in [0.05, 0.1) is 12.6 Å². The Balaban J connectivity index is 2.09. The molecule has 1 aromatic heterocycles. The minimum atomic E-state index is -0.561. The monoisotopic (exact) mass is 220 g/mol. The molecule has 2 heterocycles. The van der Waals surface area contributed by atoms with Crippen LogP contribution < -0.4 is 11.1 Å². The van der Waals surface area contributed by atoms with E-state index in [2.05, 4.69) is 10.3 Å². The molecule has 0 saturated carbocycles. The number of hydrogen-bond acceptors (Lipinski definition) is 4. The fourth-order valence-electron chi connectivity index (χ4n) is 1.57. The van der Waals surface area contributed by atoms with Gasteiger partial charge in [-0.25, -0.2) is 4.79 Å². The van der Waals surface area contributed by atoms with Crippen molar-refractivity contribution in [3.8, 4) is 0 Å². The lowest BCUT2D eigenvalue weighted by molar-refractivity contribution is -0.122. The molecule has 0 aliphatic carbocycles. The van der Waals surface area contributed by atoms with Gasteiger partial charge in [-0.05, 0) is 17.7 Å². The lowest BCUT2D eigenvalue weighted by atomic mass is 10.2. The first-order valence-electron chi connectivity index (χ1n) is 4.92. The molecule has 3 amide bonds. The second-order valence-corrected chi connectivity index (χ2v) is 3.61. The molecule has 1 saturated heterocycles. The van der Waals surface area contributed by atoms with Crippen LogP contribution in [0, 0.1) is 0 Å². The molecule has 1 aliphatic heterocycles. The maximum atomic E-state index is 11.5. The van der Waals surface area contributed by atoms with Gasteiger partial charge >= 0.3 is 6.03 Å². The molecule has 0 bridgehead atoms. The van der Waals surface area contributed by atoms with Gasteiger partial charge in [0.15, 0.2) is 0 Å². The van der Waals surface area contributed by atoms with E-state index in [1.165, 1.54) is 4.90 Å². The third-order valence-electron chi connectivity index (χ3n) is 2.40. The molecule has 3 N–H and O–H groups in total. The first-order chi connectivity index (χ1) is 7.66. The summed E-state index contributed by atoms with van der Waals surface area (Å²) in [6, 6.07) is 3.16. The van der Waals surface area contributed by atoms with Gasteiger partial charge < -0.3 is 10.6 Å². The summed E-state index contributed by atoms with van der Waals surface area (Å²) in [7, 11) is 0. The molecule has 0 radical (unpaired) electrons. The number of pyridine rings is 1. The largest absolute Gasteiger partial charge is 0.325 e. The summed E-state index contributed by atoms with van der Waals surface area (Å²) in [6.07, 6.45) is 2.87. The molecular weight excluding hydrogens is 208 g/mol. The van der Waals surface area contributed by atoms with Gasteiger partial charge in [0.2, 0.25) is 5.91 Å². The minimum absolute atomic E-state index is 0.136. The third kappa shape index (κ3) is 2.17. The summed E-state index contributed by atoms with van der Waals surface area (Å²) >= 11 is 0. The van der Waals surface area contributed by atoms with Crippen LogP contribution in [0.1, 0.15) is 12.0 Å². The number of rotatable bonds is 2. The smallest absolute Gasteiger partial charge is 0.311 e. The highest BCUT2D eigenvalue weighted by molar-refractivity contribution is 5.97. The van der Waals surface area contributed by atoms with E-state index in [9.17, 15) is 9.59 Å². The number of carbonyl (C=O) groups is 2. The van der Waals surface area contributed by atoms with E-state index >= 15 is 0 Å². The average Bonchev–Trinajstić information content (AvgIpc) is 2.25. The maximum absolute atomic E-state index is 11.5. The first-order valence-corrected chi connectivity index (χ1v) is 4.92. The summed E-state index contributed by atoms with van der Waals surface area (Å²) in [4.78, 5) is 27.9. The molecular formula is C10H12N4O2. The van der Waals surface area contributed by atoms with Crippen LogP contribution in [0.3, 0.4) is 0 Å². The minimum Gasteiger partial charge on any atom is -0.311 e. The van der Waals surface area contributed by atoms with Crippen LogP contribution in [0.25, 0.3) is 0 Å². The number of carbonyl (C=O) groups excluding carboxylic acids is 2. The normalized spacial score (nSPS) is 20.8. The van der Waals surface area contributed by atoms with Gasteiger partial charge in [0.25, 0.3) is 0 Å². The van der Waals surface area contributed by atoms with Crippen molar-refractivity contribution in [2.24, 2.45) is 5.73 Å². The van der Waals surface area contributed by atoms with E-state index < -0.39 is 12.2 Å². The average molecular weight is 220 g/mol. The van der Waals surface area contributed by atoms with Gasteiger partial charge in [0.1, 0.15) is 0 Å². The highest BCUT2D eigenvalue weighted by atomic mass is 16.2. The molecule has 2 rings (SSSR count). The van der Waals surface area contributed by atoms with E-state index in [4.69, 9.17) is 5.73 Å². The van der Waals surface area contributed by atoms with E-state index in [1.807, 2.05) is 0 Å². The molecule has 1 aliphatic rings. The standard InChI is InChI=1S/C10H12N4O2/c11-8-5-9(15)13-10(16)14(8)6-7-1-3-12-4-2-7/h1-4,8H,5-6,11H2,(H,13,15,16). The predicted molar refractivity (Wildman–Crippen MR) is 55.9 cm³/mol. The van der Waals surface area contributed by atoms with Crippen molar-refractivity contribution in [1.82, 2.24) is 15.2 Å². The lowest BCUT2D eigenvalue weighted by Gasteiger charge is -2.32. The number of imide groups is 1. The third-order valence-corrected chi connectivity index (χ3v) is 2.40. The van der Waals surface area contributed by atoms with Gasteiger partial charge in [-0.2, -0.15) is 0 Å². The second-order valence-electron chi connectivity index (χ2n) is 3.61. The Hall–Kier alpha value is -1.95. The zero-order valence-electron chi connectivity index (χ0n) is 8.59. The number of aromatic nitrogens is 1. The molecule has 0 spiro atoms.